The number of amides is 1. The molecule has 0 saturated heterocycles. The number of tetrazole rings is 1. The van der Waals surface area contributed by atoms with Crippen LogP contribution < -0.4 is 10.1 Å². The largest absolute Gasteiger partial charge is 0.505 e. The first kappa shape index (κ1) is 20.0. The van der Waals surface area contributed by atoms with Gasteiger partial charge in [-0.3, -0.25) is 9.59 Å². The maximum absolute atomic E-state index is 12.5. The van der Waals surface area contributed by atoms with Crippen LogP contribution in [0.1, 0.15) is 46.0 Å². The molecule has 2 aromatic carbocycles. The van der Waals surface area contributed by atoms with Crippen molar-refractivity contribution in [3.8, 4) is 11.5 Å². The summed E-state index contributed by atoms with van der Waals surface area (Å²) < 4.78 is 5.12. The van der Waals surface area contributed by atoms with Crippen LogP contribution in [0, 0.1) is 0 Å². The molecular formula is C20H21N5O4. The molecule has 3 rings (SSSR count). The van der Waals surface area contributed by atoms with E-state index in [1.165, 1.54) is 11.7 Å². The van der Waals surface area contributed by atoms with Crippen molar-refractivity contribution >= 4 is 17.4 Å². The number of nitrogens with zero attached hydrogens (tertiary/aromatic N) is 4. The molecule has 0 atom stereocenters. The molecule has 29 heavy (non-hydrogen) atoms. The van der Waals surface area contributed by atoms with Crippen LogP contribution in [0.5, 0.6) is 11.5 Å². The highest BCUT2D eigenvalue weighted by atomic mass is 16.5. The number of ketones is 1. The van der Waals surface area contributed by atoms with Gasteiger partial charge in [-0.2, -0.15) is 4.80 Å². The van der Waals surface area contributed by atoms with Crippen molar-refractivity contribution < 1.29 is 19.4 Å². The predicted molar refractivity (Wildman–Crippen MR) is 105 cm³/mol. The van der Waals surface area contributed by atoms with Crippen molar-refractivity contribution in [2.75, 3.05) is 12.4 Å². The zero-order chi connectivity index (χ0) is 21.0. The molecular weight excluding hydrogens is 374 g/mol. The molecule has 1 aromatic heterocycles. The van der Waals surface area contributed by atoms with E-state index in [9.17, 15) is 14.7 Å². The third kappa shape index (κ3) is 4.57. The number of nitrogens with one attached hydrogen (secondary N) is 1. The van der Waals surface area contributed by atoms with E-state index in [1.807, 2.05) is 31.2 Å². The van der Waals surface area contributed by atoms with Crippen LogP contribution in [0.25, 0.3) is 0 Å². The van der Waals surface area contributed by atoms with E-state index in [-0.39, 0.29) is 28.6 Å². The molecule has 9 nitrogen and oxygen atoms in total. The minimum Gasteiger partial charge on any atom is -0.505 e. The molecule has 1 amide bonds. The topological polar surface area (TPSA) is 119 Å². The molecule has 9 heteroatoms. The van der Waals surface area contributed by atoms with Crippen molar-refractivity contribution in [3.63, 3.8) is 0 Å². The molecule has 0 aliphatic carbocycles. The summed E-state index contributed by atoms with van der Waals surface area (Å²) >= 11 is 0. The third-order valence-corrected chi connectivity index (χ3v) is 4.34. The zero-order valence-electron chi connectivity index (χ0n) is 16.3. The van der Waals surface area contributed by atoms with Gasteiger partial charge >= 0.3 is 0 Å². The van der Waals surface area contributed by atoms with Crippen LogP contribution in [-0.2, 0) is 13.0 Å². The first-order valence-corrected chi connectivity index (χ1v) is 9.00. The van der Waals surface area contributed by atoms with Gasteiger partial charge in [-0.1, -0.05) is 19.1 Å². The van der Waals surface area contributed by atoms with Crippen molar-refractivity contribution in [1.82, 2.24) is 20.2 Å². The number of benzene rings is 2. The number of phenols is 1. The van der Waals surface area contributed by atoms with Gasteiger partial charge in [0.05, 0.1) is 24.9 Å². The number of aromatic hydroxyl groups is 1. The number of carbonyl (C=O) groups excluding carboxylic acids is 2. The molecule has 0 saturated carbocycles. The monoisotopic (exact) mass is 395 g/mol. The number of aryl methyl sites for hydroxylation is 1. The number of hydrogen-bond acceptors (Lipinski definition) is 7. The molecule has 0 aliphatic rings. The summed E-state index contributed by atoms with van der Waals surface area (Å²) in [5.41, 5.74) is 2.00. The van der Waals surface area contributed by atoms with E-state index in [0.29, 0.717) is 13.0 Å². The van der Waals surface area contributed by atoms with E-state index >= 15 is 0 Å². The number of anilines is 1. The molecule has 3 aromatic rings. The Balaban J connectivity index is 1.76. The second kappa shape index (κ2) is 8.51. The van der Waals surface area contributed by atoms with Gasteiger partial charge in [0.15, 0.2) is 5.78 Å². The number of Topliss-reactive ketones (excluding diaryl/α,β-unsaturated/α-hetero) is 1. The van der Waals surface area contributed by atoms with Gasteiger partial charge in [-0.15, -0.1) is 10.2 Å². The summed E-state index contributed by atoms with van der Waals surface area (Å²) in [5.74, 6) is -0.627. The SMILES string of the molecule is CCc1cc(NC(=O)c2nnn(Cc3ccc(OC)cc3)n2)c(O)c(C(C)=O)c1. The Kier molecular flexibility index (Phi) is 5.87. The Hall–Kier alpha value is -3.75. The van der Waals surface area contributed by atoms with Gasteiger partial charge in [-0.05, 0) is 54.0 Å². The summed E-state index contributed by atoms with van der Waals surface area (Å²) in [6, 6.07) is 10.6. The molecule has 0 spiro atoms. The minimum absolute atomic E-state index is 0.131. The fourth-order valence-electron chi connectivity index (χ4n) is 2.74. The van der Waals surface area contributed by atoms with E-state index in [1.54, 1.807) is 19.2 Å². The summed E-state index contributed by atoms with van der Waals surface area (Å²) in [6.45, 7) is 3.59. The molecule has 150 valence electrons. The van der Waals surface area contributed by atoms with Gasteiger partial charge < -0.3 is 15.2 Å². The van der Waals surface area contributed by atoms with Crippen LogP contribution in [0.4, 0.5) is 5.69 Å². The highest BCUT2D eigenvalue weighted by molar-refractivity contribution is 6.05. The summed E-state index contributed by atoms with van der Waals surface area (Å²) in [6.07, 6.45) is 0.639. The Labute approximate surface area is 167 Å². The average molecular weight is 395 g/mol. The van der Waals surface area contributed by atoms with Crippen LogP contribution in [-0.4, -0.2) is 44.1 Å². The van der Waals surface area contributed by atoms with Crippen LogP contribution in [0.15, 0.2) is 36.4 Å². The van der Waals surface area contributed by atoms with E-state index < -0.39 is 5.91 Å². The van der Waals surface area contributed by atoms with Gasteiger partial charge in [0.2, 0.25) is 0 Å². The fraction of sp³-hybridized carbons (Fsp3) is 0.250. The smallest absolute Gasteiger partial charge is 0.297 e. The Bertz CT molecular complexity index is 1040. The molecule has 0 radical (unpaired) electrons. The quantitative estimate of drug-likeness (QED) is 0.466. The number of ether oxygens (including phenoxy) is 1. The van der Waals surface area contributed by atoms with Gasteiger partial charge in [0.25, 0.3) is 11.7 Å². The van der Waals surface area contributed by atoms with E-state index in [0.717, 1.165) is 16.9 Å². The third-order valence-electron chi connectivity index (χ3n) is 4.34. The summed E-state index contributed by atoms with van der Waals surface area (Å²) in [7, 11) is 1.59. The molecule has 2 N–H and O–H groups in total. The second-order valence-corrected chi connectivity index (χ2v) is 6.39. The highest BCUT2D eigenvalue weighted by Crippen LogP contribution is 2.30. The fourth-order valence-corrected chi connectivity index (χ4v) is 2.74. The number of aromatic nitrogens is 4. The first-order valence-electron chi connectivity index (χ1n) is 9.00. The lowest BCUT2D eigenvalue weighted by Crippen LogP contribution is -2.15. The highest BCUT2D eigenvalue weighted by Gasteiger charge is 2.18. The van der Waals surface area contributed by atoms with Crippen molar-refractivity contribution in [2.24, 2.45) is 0 Å². The molecule has 0 aliphatic heterocycles. The maximum Gasteiger partial charge on any atom is 0.297 e. The molecule has 0 bridgehead atoms. The number of methoxy groups -OCH3 is 1. The maximum atomic E-state index is 12.5. The second-order valence-electron chi connectivity index (χ2n) is 6.39. The predicted octanol–water partition coefficient (Wildman–Crippen LogP) is 2.45. The Morgan fingerprint density at radius 2 is 1.90 bits per heavy atom. The lowest BCUT2D eigenvalue weighted by Gasteiger charge is -2.11. The van der Waals surface area contributed by atoms with Gasteiger partial charge in [0, 0.05) is 0 Å². The Morgan fingerprint density at radius 3 is 2.52 bits per heavy atom. The summed E-state index contributed by atoms with van der Waals surface area (Å²) in [5, 5.41) is 24.6. The lowest BCUT2D eigenvalue weighted by atomic mass is 10.0. The van der Waals surface area contributed by atoms with Crippen LogP contribution in [0.3, 0.4) is 0 Å². The van der Waals surface area contributed by atoms with Crippen LogP contribution in [0.2, 0.25) is 0 Å². The minimum atomic E-state index is -0.635. The average Bonchev–Trinajstić information content (AvgIpc) is 3.18. The Morgan fingerprint density at radius 1 is 1.17 bits per heavy atom. The molecule has 0 unspecified atom stereocenters. The van der Waals surface area contributed by atoms with Crippen molar-refractivity contribution in [2.45, 2.75) is 26.8 Å². The molecule has 1 heterocycles. The normalized spacial score (nSPS) is 10.6. The van der Waals surface area contributed by atoms with E-state index in [2.05, 4.69) is 20.7 Å². The zero-order valence-corrected chi connectivity index (χ0v) is 16.3. The number of hydrogen-bond donors (Lipinski definition) is 2. The number of phenolic OH excluding ortho intramolecular Hbond substituents is 1. The molecule has 0 fully saturated rings. The lowest BCUT2D eigenvalue weighted by molar-refractivity contribution is 0.1000. The standard InChI is InChI=1S/C20H21N5O4/c1-4-13-9-16(12(2)26)18(27)17(10-13)21-20(28)19-22-24-25(23-19)11-14-5-7-15(29-3)8-6-14/h5-10,27H,4,11H2,1-3H3,(H,21,28). The number of rotatable bonds is 7. The van der Waals surface area contributed by atoms with E-state index in [4.69, 9.17) is 4.74 Å². The first-order chi connectivity index (χ1) is 13.9. The van der Waals surface area contributed by atoms with Crippen molar-refractivity contribution in [3.05, 3.63) is 58.9 Å². The van der Waals surface area contributed by atoms with Gasteiger partial charge in [0.1, 0.15) is 11.5 Å². The number of carbonyl (C=O) groups is 2. The van der Waals surface area contributed by atoms with Gasteiger partial charge in [-0.25, -0.2) is 0 Å². The van der Waals surface area contributed by atoms with Crippen molar-refractivity contribution in [1.29, 1.82) is 0 Å². The summed E-state index contributed by atoms with van der Waals surface area (Å²) in [4.78, 5) is 25.5. The van der Waals surface area contributed by atoms with Crippen LogP contribution >= 0.6 is 0 Å².